The zero-order valence-corrected chi connectivity index (χ0v) is 4.60. The number of hydrogen-bond donors (Lipinski definition) is 0. The van der Waals surface area contributed by atoms with Gasteiger partial charge in [0.25, 0.3) is 0 Å². The molecule has 0 aromatic heterocycles. The zero-order chi connectivity index (χ0) is 5.70. The lowest BCUT2D eigenvalue weighted by Crippen LogP contribution is -1.97. The second-order valence-electron chi connectivity index (χ2n) is 1.27. The number of hydrogen-bond acceptors (Lipinski definition) is 2. The third kappa shape index (κ3) is 5.63. The van der Waals surface area contributed by atoms with Crippen LogP contribution in [0.25, 0.3) is 0 Å². The Morgan fingerprint density at radius 2 is 2.43 bits per heavy atom. The van der Waals surface area contributed by atoms with Gasteiger partial charge >= 0.3 is 0 Å². The quantitative estimate of drug-likeness (QED) is 0.515. The van der Waals surface area contributed by atoms with Crippen molar-refractivity contribution >= 4 is 5.78 Å². The highest BCUT2D eigenvalue weighted by atomic mass is 16.5. The molecule has 0 saturated carbocycles. The standard InChI is InChI=1S/C5H9O2/c1-5(6)3-4-7-2/h3H,4H2,1-2H3. The summed E-state index contributed by atoms with van der Waals surface area (Å²) in [6, 6.07) is 0. The van der Waals surface area contributed by atoms with Crippen molar-refractivity contribution in [2.75, 3.05) is 13.7 Å². The van der Waals surface area contributed by atoms with E-state index >= 15 is 0 Å². The molecule has 0 fully saturated rings. The van der Waals surface area contributed by atoms with Crippen LogP contribution in [0.4, 0.5) is 0 Å². The fourth-order valence-corrected chi connectivity index (χ4v) is 0.201. The Morgan fingerprint density at radius 3 is 2.57 bits per heavy atom. The molecule has 0 rings (SSSR count). The number of rotatable bonds is 3. The fourth-order valence-electron chi connectivity index (χ4n) is 0.201. The van der Waals surface area contributed by atoms with Crippen LogP contribution in [0.1, 0.15) is 6.92 Å². The molecule has 0 spiro atoms. The molecule has 0 aliphatic carbocycles. The molecule has 0 unspecified atom stereocenters. The second kappa shape index (κ2) is 3.81. The Morgan fingerprint density at radius 1 is 1.86 bits per heavy atom. The van der Waals surface area contributed by atoms with Crippen LogP contribution in [0.3, 0.4) is 0 Å². The summed E-state index contributed by atoms with van der Waals surface area (Å²) in [5.41, 5.74) is 0. The molecular weight excluding hydrogens is 92.1 g/mol. The van der Waals surface area contributed by atoms with E-state index in [2.05, 4.69) is 4.74 Å². The lowest BCUT2D eigenvalue weighted by atomic mass is 10.3. The molecule has 7 heavy (non-hydrogen) atoms. The molecule has 0 aromatic rings. The molecule has 0 atom stereocenters. The summed E-state index contributed by atoms with van der Waals surface area (Å²) in [7, 11) is 1.56. The predicted molar refractivity (Wildman–Crippen MR) is 26.9 cm³/mol. The number of carbonyl (C=O) groups is 1. The molecule has 2 heteroatoms. The van der Waals surface area contributed by atoms with Crippen molar-refractivity contribution in [2.45, 2.75) is 6.92 Å². The van der Waals surface area contributed by atoms with Crippen molar-refractivity contribution in [3.05, 3.63) is 6.42 Å². The zero-order valence-electron chi connectivity index (χ0n) is 4.60. The van der Waals surface area contributed by atoms with Crippen molar-refractivity contribution in [3.63, 3.8) is 0 Å². The van der Waals surface area contributed by atoms with Gasteiger partial charge in [-0.1, -0.05) is 0 Å². The van der Waals surface area contributed by atoms with Gasteiger partial charge in [0.05, 0.1) is 13.0 Å². The van der Waals surface area contributed by atoms with Crippen molar-refractivity contribution in [2.24, 2.45) is 0 Å². The van der Waals surface area contributed by atoms with Crippen LogP contribution in [0.15, 0.2) is 0 Å². The highest BCUT2D eigenvalue weighted by Gasteiger charge is 1.88. The summed E-state index contributed by atoms with van der Waals surface area (Å²) in [6.07, 6.45) is 1.49. The smallest absolute Gasteiger partial charge is 0.136 e. The molecule has 0 heterocycles. The molecule has 1 radical (unpaired) electrons. The molecule has 2 nitrogen and oxygen atoms in total. The van der Waals surface area contributed by atoms with Gasteiger partial charge in [0.1, 0.15) is 5.78 Å². The van der Waals surface area contributed by atoms with Gasteiger partial charge in [-0.15, -0.1) is 0 Å². The number of Topliss-reactive ketones (excluding diaryl/α,β-unsaturated/α-hetero) is 1. The first-order valence-electron chi connectivity index (χ1n) is 2.10. The Bertz CT molecular complexity index is 59.1. The average molecular weight is 101 g/mol. The number of ketones is 1. The molecular formula is C5H9O2. The van der Waals surface area contributed by atoms with Gasteiger partial charge in [-0.2, -0.15) is 0 Å². The molecule has 0 aromatic carbocycles. The fraction of sp³-hybridized carbons (Fsp3) is 0.600. The largest absolute Gasteiger partial charge is 0.384 e. The summed E-state index contributed by atoms with van der Waals surface area (Å²) in [5, 5.41) is 0. The van der Waals surface area contributed by atoms with Gasteiger partial charge in [0, 0.05) is 7.11 Å². The summed E-state index contributed by atoms with van der Waals surface area (Å²) in [4.78, 5) is 10.1. The van der Waals surface area contributed by atoms with E-state index in [9.17, 15) is 4.79 Å². The minimum atomic E-state index is 0.0573. The first-order valence-corrected chi connectivity index (χ1v) is 2.10. The highest BCUT2D eigenvalue weighted by Crippen LogP contribution is 1.77. The Kier molecular flexibility index (Phi) is 3.61. The normalized spacial score (nSPS) is 8.86. The second-order valence-corrected chi connectivity index (χ2v) is 1.27. The summed E-state index contributed by atoms with van der Waals surface area (Å²) in [6.45, 7) is 1.92. The van der Waals surface area contributed by atoms with E-state index in [0.717, 1.165) is 0 Å². The van der Waals surface area contributed by atoms with Crippen molar-refractivity contribution in [1.82, 2.24) is 0 Å². The topological polar surface area (TPSA) is 26.3 Å². The van der Waals surface area contributed by atoms with Gasteiger partial charge in [-0.3, -0.25) is 4.79 Å². The van der Waals surface area contributed by atoms with E-state index in [1.165, 1.54) is 13.3 Å². The van der Waals surface area contributed by atoms with Gasteiger partial charge in [-0.25, -0.2) is 0 Å². The molecule has 41 valence electrons. The van der Waals surface area contributed by atoms with Crippen molar-refractivity contribution < 1.29 is 9.53 Å². The van der Waals surface area contributed by atoms with Crippen LogP contribution in [0.2, 0.25) is 0 Å². The van der Waals surface area contributed by atoms with E-state index in [-0.39, 0.29) is 5.78 Å². The highest BCUT2D eigenvalue weighted by molar-refractivity contribution is 5.84. The third-order valence-electron chi connectivity index (χ3n) is 0.537. The van der Waals surface area contributed by atoms with Crippen LogP contribution in [0, 0.1) is 6.42 Å². The predicted octanol–water partition coefficient (Wildman–Crippen LogP) is 0.426. The van der Waals surface area contributed by atoms with Gasteiger partial charge in [-0.05, 0) is 6.92 Å². The van der Waals surface area contributed by atoms with E-state index in [4.69, 9.17) is 0 Å². The first kappa shape index (κ1) is 6.63. The average Bonchev–Trinajstić information content (AvgIpc) is 1.61. The number of carbonyl (C=O) groups excluding carboxylic acids is 1. The minimum Gasteiger partial charge on any atom is -0.384 e. The summed E-state index contributed by atoms with van der Waals surface area (Å²) >= 11 is 0. The molecule has 0 saturated heterocycles. The summed E-state index contributed by atoms with van der Waals surface area (Å²) < 4.78 is 4.58. The van der Waals surface area contributed by atoms with E-state index in [1.807, 2.05) is 0 Å². The van der Waals surface area contributed by atoms with Crippen LogP contribution in [0.5, 0.6) is 0 Å². The SMILES string of the molecule is COC[CH]C(C)=O. The van der Waals surface area contributed by atoms with Crippen LogP contribution < -0.4 is 0 Å². The maximum Gasteiger partial charge on any atom is 0.136 e. The molecule has 0 aliphatic heterocycles. The van der Waals surface area contributed by atoms with Gasteiger partial charge in [0.2, 0.25) is 0 Å². The van der Waals surface area contributed by atoms with Crippen molar-refractivity contribution in [3.8, 4) is 0 Å². The molecule has 0 bridgehead atoms. The van der Waals surface area contributed by atoms with Crippen LogP contribution in [-0.2, 0) is 9.53 Å². The monoisotopic (exact) mass is 101 g/mol. The maximum atomic E-state index is 10.1. The Labute approximate surface area is 43.5 Å². The Balaban J connectivity index is 2.82. The molecule has 0 N–H and O–H groups in total. The lowest BCUT2D eigenvalue weighted by molar-refractivity contribution is -0.114. The van der Waals surface area contributed by atoms with Crippen LogP contribution >= 0.6 is 0 Å². The van der Waals surface area contributed by atoms with E-state index in [1.54, 1.807) is 7.11 Å². The van der Waals surface area contributed by atoms with Gasteiger partial charge < -0.3 is 4.74 Å². The summed E-state index contributed by atoms with van der Waals surface area (Å²) in [5.74, 6) is 0.0573. The lowest BCUT2D eigenvalue weighted by Gasteiger charge is -1.88. The van der Waals surface area contributed by atoms with Crippen molar-refractivity contribution in [1.29, 1.82) is 0 Å². The maximum absolute atomic E-state index is 10.1. The van der Waals surface area contributed by atoms with Crippen LogP contribution in [-0.4, -0.2) is 19.5 Å². The van der Waals surface area contributed by atoms with E-state index < -0.39 is 0 Å². The van der Waals surface area contributed by atoms with Gasteiger partial charge in [0.15, 0.2) is 0 Å². The number of ether oxygens (including phenoxy) is 1. The molecule has 0 aliphatic rings. The minimum absolute atomic E-state index is 0.0573. The molecule has 0 amide bonds. The first-order chi connectivity index (χ1) is 3.27. The Hall–Kier alpha value is -0.370. The van der Waals surface area contributed by atoms with E-state index in [0.29, 0.717) is 6.61 Å². The number of methoxy groups -OCH3 is 1. The third-order valence-corrected chi connectivity index (χ3v) is 0.537.